The van der Waals surface area contributed by atoms with Crippen molar-refractivity contribution >= 4 is 23.5 Å². The summed E-state index contributed by atoms with van der Waals surface area (Å²) >= 11 is 0. The van der Waals surface area contributed by atoms with Gasteiger partial charge < -0.3 is 4.74 Å². The van der Waals surface area contributed by atoms with Crippen molar-refractivity contribution in [3.8, 4) is 0 Å². The van der Waals surface area contributed by atoms with Crippen LogP contribution < -0.4 is 4.90 Å². The largest absolute Gasteiger partial charge is 0.462 e. The van der Waals surface area contributed by atoms with E-state index >= 15 is 0 Å². The molecule has 0 aliphatic carbocycles. The van der Waals surface area contributed by atoms with Gasteiger partial charge in [-0.15, -0.1) is 0 Å². The normalized spacial score (nSPS) is 16.8. The lowest BCUT2D eigenvalue weighted by Gasteiger charge is -2.15. The van der Waals surface area contributed by atoms with Crippen LogP contribution in [-0.4, -0.2) is 24.4 Å². The smallest absolute Gasteiger partial charge is 0.338 e. The zero-order valence-electron chi connectivity index (χ0n) is 14.9. The fourth-order valence-electron chi connectivity index (χ4n) is 3.21. The molecule has 1 fully saturated rings. The Kier molecular flexibility index (Phi) is 5.16. The summed E-state index contributed by atoms with van der Waals surface area (Å²) < 4.78 is 4.94. The molecule has 2 aromatic carbocycles. The highest BCUT2D eigenvalue weighted by atomic mass is 16.5. The van der Waals surface area contributed by atoms with Gasteiger partial charge in [-0.05, 0) is 50.1 Å². The highest BCUT2D eigenvalue weighted by Gasteiger charge is 2.39. The number of carbonyl (C=O) groups is 3. The third-order valence-corrected chi connectivity index (χ3v) is 4.44. The summed E-state index contributed by atoms with van der Waals surface area (Å²) in [5.74, 6) is -1.18. The van der Waals surface area contributed by atoms with Gasteiger partial charge in [0.1, 0.15) is 0 Å². The van der Waals surface area contributed by atoms with E-state index in [1.165, 1.54) is 4.90 Å². The molecule has 2 amide bonds. The van der Waals surface area contributed by atoms with E-state index in [4.69, 9.17) is 4.74 Å². The van der Waals surface area contributed by atoms with E-state index < -0.39 is 5.97 Å². The molecule has 1 atom stereocenters. The Morgan fingerprint density at radius 1 is 1.15 bits per heavy atom. The Balaban J connectivity index is 1.75. The van der Waals surface area contributed by atoms with Gasteiger partial charge in [-0.2, -0.15) is 0 Å². The first-order chi connectivity index (χ1) is 12.5. The number of ether oxygens (including phenoxy) is 1. The molecule has 0 unspecified atom stereocenters. The summed E-state index contributed by atoms with van der Waals surface area (Å²) in [7, 11) is 0. The second kappa shape index (κ2) is 7.52. The molecule has 0 radical (unpaired) electrons. The average molecular weight is 351 g/mol. The van der Waals surface area contributed by atoms with Gasteiger partial charge in [-0.3, -0.25) is 14.5 Å². The van der Waals surface area contributed by atoms with Crippen molar-refractivity contribution in [2.45, 2.75) is 26.7 Å². The van der Waals surface area contributed by atoms with Crippen molar-refractivity contribution < 1.29 is 19.1 Å². The number of hydrogen-bond donors (Lipinski definition) is 0. The van der Waals surface area contributed by atoms with Crippen molar-refractivity contribution in [2.24, 2.45) is 5.92 Å². The van der Waals surface area contributed by atoms with Crippen LogP contribution in [0.1, 0.15) is 34.8 Å². The van der Waals surface area contributed by atoms with Gasteiger partial charge in [0, 0.05) is 6.42 Å². The lowest BCUT2D eigenvalue weighted by atomic mass is 9.97. The number of esters is 1. The van der Waals surface area contributed by atoms with E-state index in [9.17, 15) is 14.4 Å². The maximum atomic E-state index is 12.7. The molecule has 5 heteroatoms. The van der Waals surface area contributed by atoms with Gasteiger partial charge in [0.15, 0.2) is 0 Å². The molecule has 0 aromatic heterocycles. The fourth-order valence-corrected chi connectivity index (χ4v) is 3.21. The van der Waals surface area contributed by atoms with Crippen LogP contribution in [0.5, 0.6) is 0 Å². The number of hydrogen-bond acceptors (Lipinski definition) is 4. The Morgan fingerprint density at radius 2 is 1.88 bits per heavy atom. The molecule has 1 saturated heterocycles. The van der Waals surface area contributed by atoms with Crippen molar-refractivity contribution in [3.63, 3.8) is 0 Å². The highest BCUT2D eigenvalue weighted by molar-refractivity contribution is 6.21. The lowest BCUT2D eigenvalue weighted by Crippen LogP contribution is -2.30. The standard InChI is InChI=1S/C21H21NO4/c1-3-26-21(25)16-7-9-18(10-8-16)22-19(23)13-17(20(22)24)12-15-6-4-5-14(2)11-15/h4-11,17H,3,12-13H2,1-2H3/t17-/m1/s1. The molecular weight excluding hydrogens is 330 g/mol. The Morgan fingerprint density at radius 3 is 2.54 bits per heavy atom. The Bertz CT molecular complexity index is 841. The molecule has 0 saturated carbocycles. The SMILES string of the molecule is CCOC(=O)c1ccc(N2C(=O)C[C@@H](Cc3cccc(C)c3)C2=O)cc1. The van der Waals surface area contributed by atoms with Gasteiger partial charge in [0.25, 0.3) is 0 Å². The predicted molar refractivity (Wildman–Crippen MR) is 97.9 cm³/mol. The maximum Gasteiger partial charge on any atom is 0.338 e. The second-order valence-electron chi connectivity index (χ2n) is 6.43. The minimum absolute atomic E-state index is 0.194. The topological polar surface area (TPSA) is 63.7 Å². The molecule has 3 rings (SSSR count). The van der Waals surface area contributed by atoms with E-state index in [1.54, 1.807) is 31.2 Å². The van der Waals surface area contributed by atoms with Gasteiger partial charge in [0.2, 0.25) is 11.8 Å². The van der Waals surface area contributed by atoms with Crippen LogP contribution >= 0.6 is 0 Å². The number of amides is 2. The second-order valence-corrected chi connectivity index (χ2v) is 6.43. The molecule has 1 aliphatic heterocycles. The minimum Gasteiger partial charge on any atom is -0.462 e. The monoisotopic (exact) mass is 351 g/mol. The number of benzene rings is 2. The predicted octanol–water partition coefficient (Wildman–Crippen LogP) is 3.29. The molecule has 26 heavy (non-hydrogen) atoms. The first-order valence-corrected chi connectivity index (χ1v) is 8.69. The molecule has 1 heterocycles. The third kappa shape index (κ3) is 3.67. The van der Waals surface area contributed by atoms with Gasteiger partial charge in [-0.1, -0.05) is 29.8 Å². The van der Waals surface area contributed by atoms with E-state index in [1.807, 2.05) is 31.2 Å². The molecule has 5 nitrogen and oxygen atoms in total. The zero-order chi connectivity index (χ0) is 18.7. The van der Waals surface area contributed by atoms with E-state index in [0.717, 1.165) is 11.1 Å². The molecule has 0 spiro atoms. The molecule has 134 valence electrons. The lowest BCUT2D eigenvalue weighted by molar-refractivity contribution is -0.122. The van der Waals surface area contributed by atoms with Crippen LogP contribution in [-0.2, 0) is 20.7 Å². The average Bonchev–Trinajstić information content (AvgIpc) is 2.89. The minimum atomic E-state index is -0.421. The van der Waals surface area contributed by atoms with E-state index in [2.05, 4.69) is 0 Å². The zero-order valence-corrected chi connectivity index (χ0v) is 14.9. The number of rotatable bonds is 5. The molecular formula is C21H21NO4. The van der Waals surface area contributed by atoms with Gasteiger partial charge in [-0.25, -0.2) is 4.79 Å². The van der Waals surface area contributed by atoms with Crippen LogP contribution in [0.2, 0.25) is 0 Å². The number of anilines is 1. The first-order valence-electron chi connectivity index (χ1n) is 8.69. The summed E-state index contributed by atoms with van der Waals surface area (Å²) in [5, 5.41) is 0. The van der Waals surface area contributed by atoms with Crippen LogP contribution in [0.25, 0.3) is 0 Å². The number of carbonyl (C=O) groups excluding carboxylic acids is 3. The summed E-state index contributed by atoms with van der Waals surface area (Å²) in [6.07, 6.45) is 0.746. The fraction of sp³-hybridized carbons (Fsp3) is 0.286. The molecule has 2 aromatic rings. The van der Waals surface area contributed by atoms with Crippen molar-refractivity contribution in [1.29, 1.82) is 0 Å². The van der Waals surface area contributed by atoms with E-state index in [-0.39, 0.29) is 24.2 Å². The maximum absolute atomic E-state index is 12.7. The van der Waals surface area contributed by atoms with Crippen LogP contribution in [0.3, 0.4) is 0 Å². The van der Waals surface area contributed by atoms with Crippen molar-refractivity contribution in [1.82, 2.24) is 0 Å². The molecule has 1 aliphatic rings. The van der Waals surface area contributed by atoms with Crippen LogP contribution in [0.15, 0.2) is 48.5 Å². The number of imide groups is 1. The first kappa shape index (κ1) is 17.9. The third-order valence-electron chi connectivity index (χ3n) is 4.44. The number of nitrogens with zero attached hydrogens (tertiary/aromatic N) is 1. The van der Waals surface area contributed by atoms with E-state index in [0.29, 0.717) is 24.3 Å². The Hall–Kier alpha value is -2.95. The number of aryl methyl sites for hydroxylation is 1. The highest BCUT2D eigenvalue weighted by Crippen LogP contribution is 2.29. The van der Waals surface area contributed by atoms with Crippen molar-refractivity contribution in [3.05, 3.63) is 65.2 Å². The summed E-state index contributed by atoms with van der Waals surface area (Å²) in [6.45, 7) is 4.04. The summed E-state index contributed by atoms with van der Waals surface area (Å²) in [6, 6.07) is 14.3. The van der Waals surface area contributed by atoms with Crippen LogP contribution in [0.4, 0.5) is 5.69 Å². The van der Waals surface area contributed by atoms with Gasteiger partial charge in [0.05, 0.1) is 23.8 Å². The van der Waals surface area contributed by atoms with Crippen molar-refractivity contribution in [2.75, 3.05) is 11.5 Å². The molecule has 0 bridgehead atoms. The Labute approximate surface area is 152 Å². The van der Waals surface area contributed by atoms with Gasteiger partial charge >= 0.3 is 5.97 Å². The quantitative estimate of drug-likeness (QED) is 0.612. The summed E-state index contributed by atoms with van der Waals surface area (Å²) in [4.78, 5) is 38.1. The van der Waals surface area contributed by atoms with Crippen LogP contribution in [0, 0.1) is 12.8 Å². The molecule has 0 N–H and O–H groups in total. The summed E-state index contributed by atoms with van der Waals surface area (Å²) in [5.41, 5.74) is 3.06.